The number of aliphatic hydroxyl groups excluding tert-OH is 2. The van der Waals surface area contributed by atoms with Crippen LogP contribution in [0.3, 0.4) is 0 Å². The van der Waals surface area contributed by atoms with E-state index in [0.29, 0.717) is 12.0 Å². The summed E-state index contributed by atoms with van der Waals surface area (Å²) in [7, 11) is 0. The molecule has 0 radical (unpaired) electrons. The van der Waals surface area contributed by atoms with Crippen LogP contribution >= 0.6 is 0 Å². The Labute approximate surface area is 131 Å². The minimum Gasteiger partial charge on any atom is -0.545 e. The van der Waals surface area contributed by atoms with Crippen LogP contribution in [0.4, 0.5) is 0 Å². The van der Waals surface area contributed by atoms with Gasteiger partial charge in [0.2, 0.25) is 0 Å². The molecule has 5 heteroatoms. The molecule has 0 aromatic heterocycles. The second-order valence-electron chi connectivity index (χ2n) is 3.29. The minimum absolute atomic E-state index is 0. The SMILES string of the molecule is CCCC1=CC=C(C(=O)[O-])[C@@H](O)[C@H]1O.[K+]. The van der Waals surface area contributed by atoms with Crippen LogP contribution in [0.15, 0.2) is 23.3 Å². The van der Waals surface area contributed by atoms with E-state index in [0.717, 1.165) is 6.42 Å². The standard InChI is InChI=1S/C10H14O4.K/c1-2-3-6-4-5-7(10(13)14)9(12)8(6)11;/h4-5,8-9,11-12H,2-3H2,1H3,(H,13,14);/q;+1/p-1/t8-,9+;/m0./s1. The van der Waals surface area contributed by atoms with Gasteiger partial charge in [-0.3, -0.25) is 0 Å². The Morgan fingerprint density at radius 2 is 2.00 bits per heavy atom. The number of allylic oxidation sites excluding steroid dienone is 2. The molecule has 0 unspecified atom stereocenters. The van der Waals surface area contributed by atoms with E-state index in [2.05, 4.69) is 0 Å². The van der Waals surface area contributed by atoms with E-state index in [-0.39, 0.29) is 57.0 Å². The van der Waals surface area contributed by atoms with E-state index < -0.39 is 18.2 Å². The molecule has 0 saturated carbocycles. The number of aliphatic hydroxyl groups is 2. The normalized spacial score (nSPS) is 25.0. The fourth-order valence-corrected chi connectivity index (χ4v) is 1.48. The number of carboxylic acids is 1. The molecule has 0 aromatic carbocycles. The first-order valence-electron chi connectivity index (χ1n) is 4.56. The zero-order valence-electron chi connectivity index (χ0n) is 8.93. The monoisotopic (exact) mass is 236 g/mol. The van der Waals surface area contributed by atoms with Gasteiger partial charge < -0.3 is 20.1 Å². The van der Waals surface area contributed by atoms with E-state index in [9.17, 15) is 20.1 Å². The van der Waals surface area contributed by atoms with Crippen molar-refractivity contribution in [2.75, 3.05) is 0 Å². The number of carbonyl (C=O) groups is 1. The zero-order valence-corrected chi connectivity index (χ0v) is 12.1. The Bertz CT molecular complexity index is 296. The Morgan fingerprint density at radius 3 is 2.47 bits per heavy atom. The average Bonchev–Trinajstić information content (AvgIpc) is 2.13. The van der Waals surface area contributed by atoms with Crippen molar-refractivity contribution in [1.29, 1.82) is 0 Å². The van der Waals surface area contributed by atoms with Crippen molar-refractivity contribution < 1.29 is 71.5 Å². The minimum atomic E-state index is -1.44. The molecule has 0 aliphatic heterocycles. The number of hydrogen-bond donors (Lipinski definition) is 2. The summed E-state index contributed by atoms with van der Waals surface area (Å²) < 4.78 is 0. The molecule has 1 aliphatic carbocycles. The molecule has 0 bridgehead atoms. The topological polar surface area (TPSA) is 80.6 Å². The average molecular weight is 236 g/mol. The number of rotatable bonds is 3. The smallest absolute Gasteiger partial charge is 0.545 e. The van der Waals surface area contributed by atoms with Crippen LogP contribution in [0.25, 0.3) is 0 Å². The second kappa shape index (κ2) is 6.95. The van der Waals surface area contributed by atoms with Gasteiger partial charge in [-0.1, -0.05) is 25.5 Å². The van der Waals surface area contributed by atoms with E-state index in [4.69, 9.17) is 0 Å². The van der Waals surface area contributed by atoms with Crippen LogP contribution in [-0.2, 0) is 4.79 Å². The first kappa shape index (κ1) is 15.5. The summed E-state index contributed by atoms with van der Waals surface area (Å²) in [5.41, 5.74) is 0.391. The van der Waals surface area contributed by atoms with Gasteiger partial charge in [0.05, 0.1) is 5.97 Å². The second-order valence-corrected chi connectivity index (χ2v) is 3.29. The van der Waals surface area contributed by atoms with Gasteiger partial charge in [0.1, 0.15) is 12.2 Å². The van der Waals surface area contributed by atoms with Crippen LogP contribution in [0.2, 0.25) is 0 Å². The van der Waals surface area contributed by atoms with E-state index in [1.54, 1.807) is 0 Å². The predicted octanol–water partition coefficient (Wildman–Crippen LogP) is -3.87. The van der Waals surface area contributed by atoms with Crippen LogP contribution in [0, 0.1) is 0 Å². The predicted molar refractivity (Wildman–Crippen MR) is 48.1 cm³/mol. The fourth-order valence-electron chi connectivity index (χ4n) is 1.48. The van der Waals surface area contributed by atoms with Gasteiger partial charge in [0, 0.05) is 5.57 Å². The summed E-state index contributed by atoms with van der Waals surface area (Å²) in [4.78, 5) is 10.5. The van der Waals surface area contributed by atoms with Gasteiger partial charge in [-0.15, -0.1) is 0 Å². The van der Waals surface area contributed by atoms with Gasteiger partial charge in [0.25, 0.3) is 0 Å². The number of aliphatic carboxylic acids is 1. The van der Waals surface area contributed by atoms with Crippen molar-refractivity contribution >= 4 is 5.97 Å². The third-order valence-electron chi connectivity index (χ3n) is 2.25. The summed E-state index contributed by atoms with van der Waals surface area (Å²) in [5.74, 6) is -1.44. The molecular weight excluding hydrogens is 223 g/mol. The van der Waals surface area contributed by atoms with Crippen molar-refractivity contribution in [2.24, 2.45) is 0 Å². The molecule has 0 saturated heterocycles. The Hall–Kier alpha value is 0.506. The third-order valence-corrected chi connectivity index (χ3v) is 2.25. The molecule has 0 amide bonds. The number of carbonyl (C=O) groups excluding carboxylic acids is 1. The molecule has 78 valence electrons. The fraction of sp³-hybridized carbons (Fsp3) is 0.500. The maximum atomic E-state index is 10.5. The van der Waals surface area contributed by atoms with Gasteiger partial charge >= 0.3 is 51.4 Å². The van der Waals surface area contributed by atoms with Crippen LogP contribution in [0.1, 0.15) is 19.8 Å². The molecule has 0 heterocycles. The molecule has 4 nitrogen and oxygen atoms in total. The van der Waals surface area contributed by atoms with Gasteiger partial charge in [0.15, 0.2) is 0 Å². The quantitative estimate of drug-likeness (QED) is 0.491. The van der Waals surface area contributed by atoms with Gasteiger partial charge in [-0.25, -0.2) is 0 Å². The number of hydrogen-bond acceptors (Lipinski definition) is 4. The summed E-state index contributed by atoms with van der Waals surface area (Å²) >= 11 is 0. The summed E-state index contributed by atoms with van der Waals surface area (Å²) in [6.45, 7) is 1.94. The van der Waals surface area contributed by atoms with Crippen LogP contribution in [-0.4, -0.2) is 28.4 Å². The van der Waals surface area contributed by atoms with Gasteiger partial charge in [-0.2, -0.15) is 0 Å². The first-order valence-corrected chi connectivity index (χ1v) is 4.56. The first-order chi connectivity index (χ1) is 6.57. The summed E-state index contributed by atoms with van der Waals surface area (Å²) in [5, 5.41) is 29.5. The molecule has 15 heavy (non-hydrogen) atoms. The van der Waals surface area contributed by atoms with Crippen molar-refractivity contribution in [2.45, 2.75) is 32.0 Å². The molecule has 1 rings (SSSR count). The maximum Gasteiger partial charge on any atom is 1.00 e. The Morgan fingerprint density at radius 1 is 1.40 bits per heavy atom. The molecule has 2 atom stereocenters. The summed E-state index contributed by atoms with van der Waals surface area (Å²) in [6, 6.07) is 0. The Balaban J connectivity index is 0.00000196. The van der Waals surface area contributed by atoms with E-state index >= 15 is 0 Å². The van der Waals surface area contributed by atoms with Crippen molar-refractivity contribution in [3.8, 4) is 0 Å². The molecule has 0 fully saturated rings. The maximum absolute atomic E-state index is 10.5. The molecular formula is C10H13KO4. The Kier molecular flexibility index (Phi) is 7.19. The molecule has 0 aromatic rings. The molecule has 1 aliphatic rings. The van der Waals surface area contributed by atoms with E-state index in [1.165, 1.54) is 12.2 Å². The molecule has 2 N–H and O–H groups in total. The van der Waals surface area contributed by atoms with Crippen LogP contribution < -0.4 is 56.5 Å². The third kappa shape index (κ3) is 3.78. The van der Waals surface area contributed by atoms with Crippen molar-refractivity contribution in [3.05, 3.63) is 23.3 Å². The van der Waals surface area contributed by atoms with E-state index in [1.807, 2.05) is 6.92 Å². The zero-order chi connectivity index (χ0) is 10.7. The van der Waals surface area contributed by atoms with Crippen molar-refractivity contribution in [3.63, 3.8) is 0 Å². The van der Waals surface area contributed by atoms with Gasteiger partial charge in [-0.05, 0) is 12.0 Å². The largest absolute Gasteiger partial charge is 1.00 e. The number of carboxylic acid groups (broad SMARTS) is 1. The summed E-state index contributed by atoms with van der Waals surface area (Å²) in [6.07, 6.45) is 1.82. The van der Waals surface area contributed by atoms with Crippen LogP contribution in [0.5, 0.6) is 0 Å². The molecule has 0 spiro atoms. The van der Waals surface area contributed by atoms with Crippen molar-refractivity contribution in [1.82, 2.24) is 0 Å².